The smallest absolute Gasteiger partial charge is 0.328 e. The molecular formula is C21H24N4O3. The number of amides is 2. The molecule has 0 bridgehead atoms. The molecule has 0 saturated carbocycles. The maximum absolute atomic E-state index is 12.8. The minimum Gasteiger partial charge on any atom is -0.467 e. The Morgan fingerprint density at radius 1 is 1.07 bits per heavy atom. The molecule has 2 aliphatic carbocycles. The van der Waals surface area contributed by atoms with Crippen LogP contribution in [-0.4, -0.2) is 35.1 Å². The number of esters is 1. The van der Waals surface area contributed by atoms with Crippen molar-refractivity contribution >= 4 is 17.7 Å². The molecule has 7 nitrogen and oxygen atoms in total. The number of benzene rings is 1. The maximum atomic E-state index is 12.8. The molecule has 28 heavy (non-hydrogen) atoms. The molecule has 0 saturated heterocycles. The molecule has 1 atom stereocenters. The molecule has 2 aromatic rings. The van der Waals surface area contributed by atoms with E-state index in [4.69, 9.17) is 4.74 Å². The van der Waals surface area contributed by atoms with Crippen LogP contribution < -0.4 is 10.6 Å². The zero-order valence-corrected chi connectivity index (χ0v) is 16.0. The number of nitrogens with zero attached hydrogens (tertiary/aromatic N) is 2. The van der Waals surface area contributed by atoms with Crippen molar-refractivity contribution in [3.63, 3.8) is 0 Å². The highest BCUT2D eigenvalue weighted by Crippen LogP contribution is 2.38. The van der Waals surface area contributed by atoms with Gasteiger partial charge in [0.2, 0.25) is 0 Å². The fourth-order valence-electron chi connectivity index (χ4n) is 4.28. The third-order valence-corrected chi connectivity index (χ3v) is 5.56. The summed E-state index contributed by atoms with van der Waals surface area (Å²) >= 11 is 0. The van der Waals surface area contributed by atoms with Gasteiger partial charge in [-0.2, -0.15) is 0 Å². The molecule has 2 aliphatic rings. The SMILES string of the molecule is COC(=O)[C@@H](Cc1cncnc1)NC(=O)Nc1c2c(cc3c1CCC3)CCC2. The summed E-state index contributed by atoms with van der Waals surface area (Å²) in [5.74, 6) is -0.498. The molecule has 2 amide bonds. The first kappa shape index (κ1) is 18.4. The predicted octanol–water partition coefficient (Wildman–Crippen LogP) is 2.36. The summed E-state index contributed by atoms with van der Waals surface area (Å²) in [6.45, 7) is 0. The van der Waals surface area contributed by atoms with Gasteiger partial charge in [-0.05, 0) is 66.3 Å². The van der Waals surface area contributed by atoms with Gasteiger partial charge in [0.15, 0.2) is 0 Å². The molecule has 1 aromatic carbocycles. The topological polar surface area (TPSA) is 93.2 Å². The second-order valence-electron chi connectivity index (χ2n) is 7.36. The minimum atomic E-state index is -0.805. The van der Waals surface area contributed by atoms with Crippen molar-refractivity contribution in [3.05, 3.63) is 52.6 Å². The Hall–Kier alpha value is -2.96. The molecule has 1 heterocycles. The lowest BCUT2D eigenvalue weighted by Crippen LogP contribution is -2.45. The highest BCUT2D eigenvalue weighted by molar-refractivity contribution is 5.94. The van der Waals surface area contributed by atoms with Crippen molar-refractivity contribution in [1.29, 1.82) is 0 Å². The first-order chi connectivity index (χ1) is 13.7. The number of rotatable bonds is 5. The summed E-state index contributed by atoms with van der Waals surface area (Å²) in [6.07, 6.45) is 11.3. The Labute approximate surface area is 163 Å². The van der Waals surface area contributed by atoms with Crippen molar-refractivity contribution in [3.8, 4) is 0 Å². The molecule has 0 fully saturated rings. The van der Waals surface area contributed by atoms with E-state index in [0.29, 0.717) is 0 Å². The van der Waals surface area contributed by atoms with Crippen LogP contribution in [0.1, 0.15) is 40.7 Å². The normalized spacial score (nSPS) is 15.5. The molecule has 0 aliphatic heterocycles. The van der Waals surface area contributed by atoms with E-state index in [1.807, 2.05) is 0 Å². The Morgan fingerprint density at radius 3 is 2.32 bits per heavy atom. The van der Waals surface area contributed by atoms with Crippen molar-refractivity contribution in [2.75, 3.05) is 12.4 Å². The van der Waals surface area contributed by atoms with Crippen LogP contribution in [0.3, 0.4) is 0 Å². The van der Waals surface area contributed by atoms with E-state index >= 15 is 0 Å². The molecule has 0 radical (unpaired) electrons. The number of hydrogen-bond donors (Lipinski definition) is 2. The summed E-state index contributed by atoms with van der Waals surface area (Å²) in [5, 5.41) is 5.82. The lowest BCUT2D eigenvalue weighted by atomic mass is 9.99. The van der Waals surface area contributed by atoms with Crippen molar-refractivity contribution < 1.29 is 14.3 Å². The number of aryl methyl sites for hydroxylation is 2. The first-order valence-corrected chi connectivity index (χ1v) is 9.71. The third kappa shape index (κ3) is 3.69. The van der Waals surface area contributed by atoms with Gasteiger partial charge in [0.1, 0.15) is 12.4 Å². The van der Waals surface area contributed by atoms with Gasteiger partial charge in [-0.25, -0.2) is 19.6 Å². The van der Waals surface area contributed by atoms with Gasteiger partial charge >= 0.3 is 12.0 Å². The largest absolute Gasteiger partial charge is 0.467 e. The van der Waals surface area contributed by atoms with E-state index in [9.17, 15) is 9.59 Å². The molecule has 0 unspecified atom stereocenters. The molecule has 1 aromatic heterocycles. The number of fused-ring (bicyclic) bond motifs is 2. The fraction of sp³-hybridized carbons (Fsp3) is 0.429. The van der Waals surface area contributed by atoms with E-state index in [1.165, 1.54) is 35.7 Å². The number of urea groups is 1. The average Bonchev–Trinajstić information content (AvgIpc) is 3.36. The second-order valence-corrected chi connectivity index (χ2v) is 7.36. The number of hydrogen-bond acceptors (Lipinski definition) is 5. The van der Waals surface area contributed by atoms with Crippen LogP contribution >= 0.6 is 0 Å². The molecular weight excluding hydrogens is 356 g/mol. The number of methoxy groups -OCH3 is 1. The summed E-state index contributed by atoms with van der Waals surface area (Å²) in [5.41, 5.74) is 6.90. The number of carbonyl (C=O) groups excluding carboxylic acids is 2. The quantitative estimate of drug-likeness (QED) is 0.777. The Morgan fingerprint density at radius 2 is 1.71 bits per heavy atom. The summed E-state index contributed by atoms with van der Waals surface area (Å²) < 4.78 is 4.86. The van der Waals surface area contributed by atoms with E-state index < -0.39 is 12.0 Å². The number of aromatic nitrogens is 2. The average molecular weight is 380 g/mol. The van der Waals surface area contributed by atoms with Crippen LogP contribution in [0.15, 0.2) is 24.8 Å². The van der Waals surface area contributed by atoms with Crippen LogP contribution in [0.25, 0.3) is 0 Å². The lowest BCUT2D eigenvalue weighted by molar-refractivity contribution is -0.142. The third-order valence-electron chi connectivity index (χ3n) is 5.56. The first-order valence-electron chi connectivity index (χ1n) is 9.71. The minimum absolute atomic E-state index is 0.270. The highest BCUT2D eigenvalue weighted by Gasteiger charge is 2.27. The van der Waals surface area contributed by atoms with Gasteiger partial charge in [0.25, 0.3) is 0 Å². The number of nitrogens with one attached hydrogen (secondary N) is 2. The zero-order chi connectivity index (χ0) is 19.5. The van der Waals surface area contributed by atoms with E-state index in [0.717, 1.165) is 49.8 Å². The summed E-state index contributed by atoms with van der Waals surface area (Å²) in [7, 11) is 1.31. The van der Waals surface area contributed by atoms with Crippen LogP contribution in [-0.2, 0) is 41.6 Å². The molecule has 4 rings (SSSR count). The molecule has 7 heteroatoms. The predicted molar refractivity (Wildman–Crippen MR) is 104 cm³/mol. The van der Waals surface area contributed by atoms with Crippen LogP contribution in [0, 0.1) is 0 Å². The van der Waals surface area contributed by atoms with Gasteiger partial charge in [-0.1, -0.05) is 6.07 Å². The molecule has 0 spiro atoms. The van der Waals surface area contributed by atoms with Crippen molar-refractivity contribution in [2.24, 2.45) is 0 Å². The molecule has 146 valence electrons. The van der Waals surface area contributed by atoms with Crippen molar-refractivity contribution in [2.45, 2.75) is 51.0 Å². The zero-order valence-electron chi connectivity index (χ0n) is 16.0. The number of ether oxygens (including phenoxy) is 1. The Balaban J connectivity index is 1.52. The van der Waals surface area contributed by atoms with Gasteiger partial charge in [-0.15, -0.1) is 0 Å². The second kappa shape index (κ2) is 7.96. The monoisotopic (exact) mass is 380 g/mol. The maximum Gasteiger partial charge on any atom is 0.328 e. The molecule has 2 N–H and O–H groups in total. The van der Waals surface area contributed by atoms with Gasteiger partial charge in [0, 0.05) is 24.5 Å². The fourth-order valence-corrected chi connectivity index (χ4v) is 4.28. The van der Waals surface area contributed by atoms with E-state index in [1.54, 1.807) is 12.4 Å². The van der Waals surface area contributed by atoms with E-state index in [2.05, 4.69) is 26.7 Å². The van der Waals surface area contributed by atoms with Crippen molar-refractivity contribution in [1.82, 2.24) is 15.3 Å². The summed E-state index contributed by atoms with van der Waals surface area (Å²) in [4.78, 5) is 32.9. The van der Waals surface area contributed by atoms with E-state index in [-0.39, 0.29) is 12.5 Å². The number of carbonyl (C=O) groups is 2. The van der Waals surface area contributed by atoms with Crippen LogP contribution in [0.2, 0.25) is 0 Å². The standard InChI is InChI=1S/C21H24N4O3/c1-28-20(26)18(8-13-10-22-12-23-11-13)24-21(27)25-19-16-6-2-4-14(16)9-15-5-3-7-17(15)19/h9-12,18H,2-8H2,1H3,(H2,24,25,27)/t18-/m1/s1. The Kier molecular flexibility index (Phi) is 5.23. The van der Waals surface area contributed by atoms with Gasteiger partial charge in [0.05, 0.1) is 7.11 Å². The lowest BCUT2D eigenvalue weighted by Gasteiger charge is -2.20. The Bertz CT molecular complexity index is 866. The van der Waals surface area contributed by atoms with Crippen LogP contribution in [0.5, 0.6) is 0 Å². The number of anilines is 1. The van der Waals surface area contributed by atoms with Crippen LogP contribution in [0.4, 0.5) is 10.5 Å². The highest BCUT2D eigenvalue weighted by atomic mass is 16.5. The van der Waals surface area contributed by atoms with Gasteiger partial charge in [-0.3, -0.25) is 0 Å². The van der Waals surface area contributed by atoms with Gasteiger partial charge < -0.3 is 15.4 Å². The summed E-state index contributed by atoms with van der Waals surface area (Å²) in [6, 6.07) is 1.13.